The summed E-state index contributed by atoms with van der Waals surface area (Å²) in [7, 11) is 1.63. The maximum absolute atomic E-state index is 11.5. The fraction of sp³-hybridized carbons (Fsp3) is 0.429. The van der Waals surface area contributed by atoms with Crippen LogP contribution in [0.2, 0.25) is 0 Å². The van der Waals surface area contributed by atoms with E-state index < -0.39 is 0 Å². The fourth-order valence-electron chi connectivity index (χ4n) is 1.95. The number of carbonyl (C=O) groups excluding carboxylic acids is 2. The monoisotopic (exact) mass is 356 g/mol. The number of amides is 2. The van der Waals surface area contributed by atoms with E-state index in [1.54, 1.807) is 19.2 Å². The molecule has 0 saturated heterocycles. The maximum atomic E-state index is 11.5. The third-order valence-electron chi connectivity index (χ3n) is 3.03. The molecule has 116 valence electrons. The average molecular weight is 357 g/mol. The van der Waals surface area contributed by atoms with Crippen molar-refractivity contribution in [3.05, 3.63) is 33.8 Å². The van der Waals surface area contributed by atoms with Crippen molar-refractivity contribution in [1.82, 2.24) is 15.6 Å². The summed E-state index contributed by atoms with van der Waals surface area (Å²) in [6, 6.07) is 5.30. The zero-order chi connectivity index (χ0) is 15.8. The molecule has 1 rings (SSSR count). The highest BCUT2D eigenvalue weighted by atomic mass is 79.9. The third-order valence-corrected chi connectivity index (χ3v) is 3.76. The Kier molecular flexibility index (Phi) is 7.35. The summed E-state index contributed by atoms with van der Waals surface area (Å²) in [5.41, 5.74) is 3.60. The summed E-state index contributed by atoms with van der Waals surface area (Å²) in [4.78, 5) is 25.0. The van der Waals surface area contributed by atoms with Crippen molar-refractivity contribution in [2.45, 2.75) is 19.9 Å². The van der Waals surface area contributed by atoms with Gasteiger partial charge in [-0.3, -0.25) is 19.9 Å². The molecule has 0 atom stereocenters. The van der Waals surface area contributed by atoms with Crippen LogP contribution in [-0.2, 0) is 11.3 Å². The van der Waals surface area contributed by atoms with Crippen molar-refractivity contribution < 1.29 is 9.59 Å². The minimum atomic E-state index is -0.335. The SMILES string of the molecule is CCCN(CC(=O)NC)Cc1ccc(C(=O)NN)cc1Br. The number of nitrogen functional groups attached to an aromatic ring is 1. The number of benzene rings is 1. The molecule has 0 fully saturated rings. The second kappa shape index (κ2) is 8.76. The quantitative estimate of drug-likeness (QED) is 0.386. The summed E-state index contributed by atoms with van der Waals surface area (Å²) in [5, 5.41) is 2.63. The van der Waals surface area contributed by atoms with Crippen LogP contribution in [-0.4, -0.2) is 36.9 Å². The number of hydrazine groups is 1. The van der Waals surface area contributed by atoms with Crippen LogP contribution >= 0.6 is 15.9 Å². The molecule has 0 aliphatic heterocycles. The molecular formula is C14H21BrN4O2. The van der Waals surface area contributed by atoms with Crippen LogP contribution < -0.4 is 16.6 Å². The van der Waals surface area contributed by atoms with Gasteiger partial charge in [-0.2, -0.15) is 0 Å². The van der Waals surface area contributed by atoms with Gasteiger partial charge in [0.25, 0.3) is 5.91 Å². The van der Waals surface area contributed by atoms with E-state index in [-0.39, 0.29) is 11.8 Å². The summed E-state index contributed by atoms with van der Waals surface area (Å²) in [6.07, 6.45) is 0.961. The van der Waals surface area contributed by atoms with Crippen molar-refractivity contribution in [2.24, 2.45) is 5.84 Å². The first-order valence-corrected chi connectivity index (χ1v) is 7.53. The number of nitrogens with one attached hydrogen (secondary N) is 2. The maximum Gasteiger partial charge on any atom is 0.265 e. The van der Waals surface area contributed by atoms with Crippen LogP contribution in [0.25, 0.3) is 0 Å². The van der Waals surface area contributed by atoms with Crippen molar-refractivity contribution in [3.8, 4) is 0 Å². The van der Waals surface area contributed by atoms with E-state index in [0.29, 0.717) is 18.7 Å². The molecule has 0 unspecified atom stereocenters. The molecule has 2 amide bonds. The molecule has 0 aromatic heterocycles. The first kappa shape index (κ1) is 17.6. The zero-order valence-corrected chi connectivity index (χ0v) is 13.9. The van der Waals surface area contributed by atoms with Gasteiger partial charge < -0.3 is 5.32 Å². The molecule has 0 saturated carbocycles. The predicted octanol–water partition coefficient (Wildman–Crippen LogP) is 1.01. The molecule has 1 aromatic carbocycles. The van der Waals surface area contributed by atoms with Gasteiger partial charge in [0.15, 0.2) is 0 Å². The molecule has 0 aliphatic rings. The molecule has 6 nitrogen and oxygen atoms in total. The van der Waals surface area contributed by atoms with E-state index in [2.05, 4.69) is 38.5 Å². The van der Waals surface area contributed by atoms with Crippen LogP contribution in [0.3, 0.4) is 0 Å². The number of hydrogen-bond acceptors (Lipinski definition) is 4. The standard InChI is InChI=1S/C14H21BrN4O2/c1-3-6-19(9-13(20)17-2)8-11-5-4-10(7-12(11)15)14(21)18-16/h4-5,7H,3,6,8-9,16H2,1-2H3,(H,17,20)(H,18,21). The van der Waals surface area contributed by atoms with Gasteiger partial charge in [0, 0.05) is 23.6 Å². The normalized spacial score (nSPS) is 10.5. The van der Waals surface area contributed by atoms with Crippen LogP contribution in [0, 0.1) is 0 Å². The number of carbonyl (C=O) groups is 2. The lowest BCUT2D eigenvalue weighted by atomic mass is 10.1. The van der Waals surface area contributed by atoms with E-state index >= 15 is 0 Å². The summed E-state index contributed by atoms with van der Waals surface area (Å²) in [6.45, 7) is 3.87. The smallest absolute Gasteiger partial charge is 0.265 e. The molecule has 0 aliphatic carbocycles. The van der Waals surface area contributed by atoms with Gasteiger partial charge in [0.1, 0.15) is 0 Å². The summed E-state index contributed by atoms with van der Waals surface area (Å²) >= 11 is 3.46. The molecule has 0 spiro atoms. The van der Waals surface area contributed by atoms with Crippen LogP contribution in [0.5, 0.6) is 0 Å². The Bertz CT molecular complexity index is 508. The van der Waals surface area contributed by atoms with E-state index in [1.165, 1.54) is 0 Å². The molecule has 0 radical (unpaired) electrons. The van der Waals surface area contributed by atoms with Gasteiger partial charge in [-0.1, -0.05) is 28.9 Å². The third kappa shape index (κ3) is 5.45. The highest BCUT2D eigenvalue weighted by Gasteiger charge is 2.13. The lowest BCUT2D eigenvalue weighted by Crippen LogP contribution is -2.35. The summed E-state index contributed by atoms with van der Waals surface area (Å²) < 4.78 is 0.821. The average Bonchev–Trinajstić information content (AvgIpc) is 2.48. The Morgan fingerprint density at radius 2 is 2.10 bits per heavy atom. The predicted molar refractivity (Wildman–Crippen MR) is 85.4 cm³/mol. The largest absolute Gasteiger partial charge is 0.358 e. The Morgan fingerprint density at radius 3 is 2.62 bits per heavy atom. The van der Waals surface area contributed by atoms with Gasteiger partial charge in [-0.25, -0.2) is 5.84 Å². The number of likely N-dealkylation sites (N-methyl/N-ethyl adjacent to an activating group) is 1. The van der Waals surface area contributed by atoms with Crippen molar-refractivity contribution in [2.75, 3.05) is 20.1 Å². The molecule has 21 heavy (non-hydrogen) atoms. The van der Waals surface area contributed by atoms with Gasteiger partial charge in [-0.15, -0.1) is 0 Å². The highest BCUT2D eigenvalue weighted by Crippen LogP contribution is 2.20. The van der Waals surface area contributed by atoms with Gasteiger partial charge in [-0.05, 0) is 30.7 Å². The first-order valence-electron chi connectivity index (χ1n) is 6.74. The topological polar surface area (TPSA) is 87.5 Å². The number of rotatable bonds is 7. The van der Waals surface area contributed by atoms with Gasteiger partial charge >= 0.3 is 0 Å². The summed E-state index contributed by atoms with van der Waals surface area (Å²) in [5.74, 6) is 4.76. The Balaban J connectivity index is 2.83. The second-order valence-electron chi connectivity index (χ2n) is 4.66. The van der Waals surface area contributed by atoms with Gasteiger partial charge in [0.2, 0.25) is 5.91 Å². The first-order chi connectivity index (χ1) is 10.0. The lowest BCUT2D eigenvalue weighted by molar-refractivity contribution is -0.121. The second-order valence-corrected chi connectivity index (χ2v) is 5.52. The van der Waals surface area contributed by atoms with E-state index in [1.807, 2.05) is 6.07 Å². The van der Waals surface area contributed by atoms with Crippen LogP contribution in [0.4, 0.5) is 0 Å². The number of hydrogen-bond donors (Lipinski definition) is 3. The molecule has 7 heteroatoms. The van der Waals surface area contributed by atoms with Crippen molar-refractivity contribution in [1.29, 1.82) is 0 Å². The Hall–Kier alpha value is -1.44. The molecule has 0 bridgehead atoms. The van der Waals surface area contributed by atoms with Gasteiger partial charge in [0.05, 0.1) is 6.54 Å². The van der Waals surface area contributed by atoms with Crippen LogP contribution in [0.1, 0.15) is 29.3 Å². The minimum Gasteiger partial charge on any atom is -0.358 e. The van der Waals surface area contributed by atoms with E-state index in [0.717, 1.165) is 23.0 Å². The van der Waals surface area contributed by atoms with Crippen molar-refractivity contribution in [3.63, 3.8) is 0 Å². The Labute approximate surface area is 133 Å². The lowest BCUT2D eigenvalue weighted by Gasteiger charge is -2.21. The molecular weight excluding hydrogens is 336 g/mol. The minimum absolute atomic E-state index is 0.0151. The molecule has 4 N–H and O–H groups in total. The van der Waals surface area contributed by atoms with Crippen molar-refractivity contribution >= 4 is 27.7 Å². The van der Waals surface area contributed by atoms with E-state index in [9.17, 15) is 9.59 Å². The number of halogens is 1. The molecule has 0 heterocycles. The fourth-order valence-corrected chi connectivity index (χ4v) is 2.46. The van der Waals surface area contributed by atoms with E-state index in [4.69, 9.17) is 5.84 Å². The van der Waals surface area contributed by atoms with Crippen LogP contribution in [0.15, 0.2) is 22.7 Å². The Morgan fingerprint density at radius 1 is 1.38 bits per heavy atom. The number of nitrogens with two attached hydrogens (primary N) is 1. The number of nitrogens with zero attached hydrogens (tertiary/aromatic N) is 1. The zero-order valence-electron chi connectivity index (χ0n) is 12.3. The highest BCUT2D eigenvalue weighted by molar-refractivity contribution is 9.10. The molecule has 1 aromatic rings.